The van der Waals surface area contributed by atoms with Crippen molar-refractivity contribution < 1.29 is 13.2 Å². The van der Waals surface area contributed by atoms with E-state index in [1.54, 1.807) is 6.92 Å². The summed E-state index contributed by atoms with van der Waals surface area (Å²) in [7, 11) is 0. The number of hydrogen-bond acceptors (Lipinski definition) is 4. The topological polar surface area (TPSA) is 49.8 Å². The number of halogens is 3. The minimum atomic E-state index is -4.16. The van der Waals surface area contributed by atoms with Crippen LogP contribution in [-0.4, -0.2) is 29.2 Å². The molecule has 108 valence electrons. The Morgan fingerprint density at radius 1 is 1.05 bits per heavy atom. The van der Waals surface area contributed by atoms with E-state index in [9.17, 15) is 13.2 Å². The molecule has 0 spiro atoms. The van der Waals surface area contributed by atoms with E-state index in [1.165, 1.54) is 0 Å². The van der Waals surface area contributed by atoms with Crippen LogP contribution in [0.15, 0.2) is 0 Å². The maximum absolute atomic E-state index is 12.1. The fourth-order valence-electron chi connectivity index (χ4n) is 1.56. The summed E-state index contributed by atoms with van der Waals surface area (Å²) >= 11 is 0. The monoisotopic (exact) mass is 276 g/mol. The van der Waals surface area contributed by atoms with Gasteiger partial charge in [-0.05, 0) is 13.8 Å². The second-order valence-electron chi connectivity index (χ2n) is 4.14. The lowest BCUT2D eigenvalue weighted by Crippen LogP contribution is -2.17. The normalized spacial score (nSPS) is 11.5. The quantitative estimate of drug-likeness (QED) is 0.838. The molecule has 1 heterocycles. The van der Waals surface area contributed by atoms with Gasteiger partial charge in [0.15, 0.2) is 0 Å². The number of anilines is 2. The van der Waals surface area contributed by atoms with Crippen LogP contribution in [0.5, 0.6) is 0 Å². The van der Waals surface area contributed by atoms with Gasteiger partial charge in [-0.1, -0.05) is 6.92 Å². The Kier molecular flexibility index (Phi) is 5.38. The third-order valence-electron chi connectivity index (χ3n) is 2.55. The molecule has 0 saturated carbocycles. The molecular formula is C12H19F3N4. The van der Waals surface area contributed by atoms with E-state index in [2.05, 4.69) is 20.6 Å². The van der Waals surface area contributed by atoms with E-state index in [1.807, 2.05) is 13.8 Å². The van der Waals surface area contributed by atoms with Crippen LogP contribution in [-0.2, 0) is 6.42 Å². The van der Waals surface area contributed by atoms with Crippen LogP contribution in [0.3, 0.4) is 0 Å². The Morgan fingerprint density at radius 3 is 2.11 bits per heavy atom. The Balaban J connectivity index is 2.83. The third-order valence-corrected chi connectivity index (χ3v) is 2.55. The van der Waals surface area contributed by atoms with Crippen LogP contribution in [0.1, 0.15) is 31.7 Å². The summed E-state index contributed by atoms with van der Waals surface area (Å²) in [5, 5.41) is 5.82. The van der Waals surface area contributed by atoms with Gasteiger partial charge in [0, 0.05) is 25.1 Å². The van der Waals surface area contributed by atoms with E-state index in [0.29, 0.717) is 30.4 Å². The summed E-state index contributed by atoms with van der Waals surface area (Å²) in [6.07, 6.45) is -4.41. The first kappa shape index (κ1) is 15.5. The largest absolute Gasteiger partial charge is 0.390 e. The average molecular weight is 276 g/mol. The van der Waals surface area contributed by atoms with Crippen molar-refractivity contribution in [3.8, 4) is 0 Å². The Labute approximate surface area is 110 Å². The van der Waals surface area contributed by atoms with Crippen molar-refractivity contribution in [2.24, 2.45) is 0 Å². The van der Waals surface area contributed by atoms with E-state index in [4.69, 9.17) is 0 Å². The summed E-state index contributed by atoms with van der Waals surface area (Å²) in [5.41, 5.74) is 0.737. The number of alkyl halides is 3. The van der Waals surface area contributed by atoms with Gasteiger partial charge >= 0.3 is 6.18 Å². The lowest BCUT2D eigenvalue weighted by Gasteiger charge is -2.14. The second kappa shape index (κ2) is 6.58. The summed E-state index contributed by atoms with van der Waals surface area (Å²) < 4.78 is 36.4. The molecule has 2 N–H and O–H groups in total. The van der Waals surface area contributed by atoms with Gasteiger partial charge in [0.2, 0.25) is 0 Å². The number of aromatic nitrogens is 2. The van der Waals surface area contributed by atoms with Crippen molar-refractivity contribution in [2.45, 2.75) is 39.8 Å². The van der Waals surface area contributed by atoms with Crippen molar-refractivity contribution in [3.05, 3.63) is 11.4 Å². The molecule has 0 radical (unpaired) electrons. The molecular weight excluding hydrogens is 257 g/mol. The number of nitrogens with one attached hydrogen (secondary N) is 2. The van der Waals surface area contributed by atoms with Gasteiger partial charge in [0.05, 0.1) is 6.42 Å². The highest BCUT2D eigenvalue weighted by atomic mass is 19.4. The van der Waals surface area contributed by atoms with E-state index < -0.39 is 12.6 Å². The Hall–Kier alpha value is -1.53. The van der Waals surface area contributed by atoms with Gasteiger partial charge in [-0.3, -0.25) is 0 Å². The Bertz CT molecular complexity index is 418. The highest BCUT2D eigenvalue weighted by Gasteiger charge is 2.26. The highest BCUT2D eigenvalue weighted by Crippen LogP contribution is 2.22. The zero-order chi connectivity index (χ0) is 14.5. The highest BCUT2D eigenvalue weighted by molar-refractivity contribution is 5.57. The Morgan fingerprint density at radius 2 is 1.63 bits per heavy atom. The molecule has 1 rings (SSSR count). The van der Waals surface area contributed by atoms with Crippen molar-refractivity contribution in [1.82, 2.24) is 9.97 Å². The van der Waals surface area contributed by atoms with Crippen LogP contribution >= 0.6 is 0 Å². The van der Waals surface area contributed by atoms with Crippen LogP contribution in [0, 0.1) is 6.92 Å². The fourth-order valence-corrected chi connectivity index (χ4v) is 1.56. The molecule has 0 aliphatic carbocycles. The number of rotatable bonds is 6. The van der Waals surface area contributed by atoms with Crippen LogP contribution in [0.2, 0.25) is 0 Å². The van der Waals surface area contributed by atoms with Crippen LogP contribution in [0.4, 0.5) is 24.8 Å². The fraction of sp³-hybridized carbons (Fsp3) is 0.667. The molecule has 0 fully saturated rings. The molecule has 1 aromatic heterocycles. The van der Waals surface area contributed by atoms with E-state index >= 15 is 0 Å². The van der Waals surface area contributed by atoms with Crippen molar-refractivity contribution in [3.63, 3.8) is 0 Å². The molecule has 7 heteroatoms. The van der Waals surface area contributed by atoms with E-state index in [-0.39, 0.29) is 6.54 Å². The molecule has 0 aliphatic rings. The van der Waals surface area contributed by atoms with Crippen molar-refractivity contribution in [2.75, 3.05) is 23.7 Å². The molecule has 0 unspecified atom stereocenters. The van der Waals surface area contributed by atoms with Crippen LogP contribution in [0.25, 0.3) is 0 Å². The predicted molar refractivity (Wildman–Crippen MR) is 69.5 cm³/mol. The molecule has 4 nitrogen and oxygen atoms in total. The minimum Gasteiger partial charge on any atom is -0.370 e. The summed E-state index contributed by atoms with van der Waals surface area (Å²) in [6.45, 7) is 6.14. The first-order chi connectivity index (χ1) is 8.87. The minimum absolute atomic E-state index is 0.184. The van der Waals surface area contributed by atoms with Gasteiger partial charge in [0.25, 0.3) is 0 Å². The molecule has 0 amide bonds. The molecule has 0 aromatic carbocycles. The zero-order valence-corrected chi connectivity index (χ0v) is 11.4. The molecule has 0 aliphatic heterocycles. The van der Waals surface area contributed by atoms with Gasteiger partial charge in [-0.2, -0.15) is 13.2 Å². The maximum atomic E-state index is 12.1. The molecule has 0 saturated heterocycles. The van der Waals surface area contributed by atoms with Gasteiger partial charge < -0.3 is 10.6 Å². The third kappa shape index (κ3) is 4.92. The van der Waals surface area contributed by atoms with Gasteiger partial charge in [-0.25, -0.2) is 9.97 Å². The number of aryl methyl sites for hydroxylation is 1. The smallest absolute Gasteiger partial charge is 0.370 e. The van der Waals surface area contributed by atoms with Crippen LogP contribution < -0.4 is 10.6 Å². The molecule has 0 bridgehead atoms. The first-order valence-electron chi connectivity index (χ1n) is 6.29. The lowest BCUT2D eigenvalue weighted by molar-refractivity contribution is -0.131. The summed E-state index contributed by atoms with van der Waals surface area (Å²) in [4.78, 5) is 8.54. The predicted octanol–water partition coefficient (Wildman–Crippen LogP) is 3.14. The molecule has 19 heavy (non-hydrogen) atoms. The second-order valence-corrected chi connectivity index (χ2v) is 4.14. The molecule has 1 aromatic rings. The summed E-state index contributed by atoms with van der Waals surface area (Å²) in [5.74, 6) is 1.74. The zero-order valence-electron chi connectivity index (χ0n) is 11.4. The van der Waals surface area contributed by atoms with Crippen molar-refractivity contribution >= 4 is 11.6 Å². The van der Waals surface area contributed by atoms with E-state index in [0.717, 1.165) is 5.56 Å². The SMILES string of the molecule is CCNc1nc(CC)nc(NCCC(F)(F)F)c1C. The first-order valence-corrected chi connectivity index (χ1v) is 6.29. The standard InChI is InChI=1S/C12H19F3N4/c1-4-9-18-10(16-5-2)8(3)11(19-9)17-7-6-12(13,14)15/h4-7H2,1-3H3,(H2,16,17,18,19). The van der Waals surface area contributed by atoms with Gasteiger partial charge in [-0.15, -0.1) is 0 Å². The summed E-state index contributed by atoms with van der Waals surface area (Å²) in [6, 6.07) is 0. The molecule has 0 atom stereocenters. The number of hydrogen-bond donors (Lipinski definition) is 2. The number of nitrogens with zero attached hydrogens (tertiary/aromatic N) is 2. The maximum Gasteiger partial charge on any atom is 0.390 e. The van der Waals surface area contributed by atoms with Crippen molar-refractivity contribution in [1.29, 1.82) is 0 Å². The lowest BCUT2D eigenvalue weighted by atomic mass is 10.2. The van der Waals surface area contributed by atoms with Gasteiger partial charge in [0.1, 0.15) is 17.5 Å². The average Bonchev–Trinajstić information content (AvgIpc) is 2.32.